The van der Waals surface area contributed by atoms with Gasteiger partial charge in [-0.05, 0) is 32.6 Å². The van der Waals surface area contributed by atoms with Gasteiger partial charge < -0.3 is 19.9 Å². The van der Waals surface area contributed by atoms with Crippen molar-refractivity contribution in [1.82, 2.24) is 0 Å². The van der Waals surface area contributed by atoms with Crippen molar-refractivity contribution in [3.8, 4) is 0 Å². The highest BCUT2D eigenvalue weighted by atomic mass is 16.5. The minimum atomic E-state index is 0.309. The number of rotatable bonds is 12. The van der Waals surface area contributed by atoms with Crippen LogP contribution in [0, 0.1) is 0 Å². The first-order valence-electron chi connectivity index (χ1n) is 6.17. The van der Waals surface area contributed by atoms with Crippen molar-refractivity contribution in [1.29, 1.82) is 0 Å². The fourth-order valence-corrected chi connectivity index (χ4v) is 1.30. The van der Waals surface area contributed by atoms with E-state index in [1.807, 2.05) is 6.92 Å². The molecule has 0 fully saturated rings. The zero-order valence-corrected chi connectivity index (χ0v) is 10.7. The van der Waals surface area contributed by atoms with Crippen LogP contribution < -0.4 is 5.73 Å². The summed E-state index contributed by atoms with van der Waals surface area (Å²) in [5.41, 5.74) is 5.64. The van der Waals surface area contributed by atoms with Crippen molar-refractivity contribution in [2.45, 2.75) is 38.6 Å². The van der Waals surface area contributed by atoms with Crippen LogP contribution in [0.15, 0.2) is 0 Å². The summed E-state index contributed by atoms with van der Waals surface area (Å²) in [6.07, 6.45) is 4.26. The molecule has 0 saturated carbocycles. The van der Waals surface area contributed by atoms with Crippen LogP contribution >= 0.6 is 0 Å². The number of hydrogen-bond donors (Lipinski definition) is 1. The molecule has 0 aromatic heterocycles. The van der Waals surface area contributed by atoms with Crippen molar-refractivity contribution >= 4 is 0 Å². The van der Waals surface area contributed by atoms with Gasteiger partial charge in [-0.1, -0.05) is 0 Å². The van der Waals surface area contributed by atoms with Crippen LogP contribution in [-0.2, 0) is 14.2 Å². The van der Waals surface area contributed by atoms with Gasteiger partial charge >= 0.3 is 0 Å². The molecule has 0 aliphatic heterocycles. The van der Waals surface area contributed by atoms with E-state index in [4.69, 9.17) is 19.9 Å². The molecule has 16 heavy (non-hydrogen) atoms. The van der Waals surface area contributed by atoms with Crippen LogP contribution in [0.4, 0.5) is 0 Å². The van der Waals surface area contributed by atoms with Crippen molar-refractivity contribution in [3.05, 3.63) is 0 Å². The zero-order valence-electron chi connectivity index (χ0n) is 10.7. The minimum Gasteiger partial charge on any atom is -0.385 e. The van der Waals surface area contributed by atoms with Gasteiger partial charge in [-0.3, -0.25) is 0 Å². The molecule has 4 nitrogen and oxygen atoms in total. The monoisotopic (exact) mass is 233 g/mol. The topological polar surface area (TPSA) is 53.7 Å². The molecule has 0 amide bonds. The summed E-state index contributed by atoms with van der Waals surface area (Å²) >= 11 is 0. The largest absolute Gasteiger partial charge is 0.385 e. The second kappa shape index (κ2) is 12.9. The summed E-state index contributed by atoms with van der Waals surface area (Å²) in [6.45, 7) is 5.73. The molecular weight excluding hydrogens is 206 g/mol. The number of hydrogen-bond acceptors (Lipinski definition) is 4. The molecule has 1 unspecified atom stereocenters. The van der Waals surface area contributed by atoms with E-state index < -0.39 is 0 Å². The van der Waals surface area contributed by atoms with Gasteiger partial charge in [0.2, 0.25) is 0 Å². The highest BCUT2D eigenvalue weighted by Gasteiger charge is 1.94. The molecule has 2 N–H and O–H groups in total. The molecule has 1 atom stereocenters. The summed E-state index contributed by atoms with van der Waals surface area (Å²) < 4.78 is 15.7. The van der Waals surface area contributed by atoms with Crippen LogP contribution in [0.2, 0.25) is 0 Å². The predicted octanol–water partition coefficient (Wildman–Crippen LogP) is 1.57. The molecule has 0 aromatic rings. The fourth-order valence-electron chi connectivity index (χ4n) is 1.30. The molecule has 0 rings (SSSR count). The van der Waals surface area contributed by atoms with Gasteiger partial charge in [0.15, 0.2) is 0 Å². The number of unbranched alkanes of at least 4 members (excludes halogenated alkanes) is 1. The van der Waals surface area contributed by atoms with Gasteiger partial charge in [-0.2, -0.15) is 0 Å². The predicted molar refractivity (Wildman–Crippen MR) is 65.6 cm³/mol. The van der Waals surface area contributed by atoms with Crippen LogP contribution in [0.25, 0.3) is 0 Å². The van der Waals surface area contributed by atoms with Crippen molar-refractivity contribution < 1.29 is 14.2 Å². The van der Waals surface area contributed by atoms with E-state index in [1.54, 1.807) is 7.11 Å². The molecule has 0 heterocycles. The summed E-state index contributed by atoms with van der Waals surface area (Å²) in [6, 6.07) is 0.309. The first-order chi connectivity index (χ1) is 7.77. The Morgan fingerprint density at radius 1 is 0.875 bits per heavy atom. The molecule has 4 heteroatoms. The molecule has 0 spiro atoms. The third-order valence-corrected chi connectivity index (χ3v) is 2.21. The Bertz CT molecular complexity index is 131. The van der Waals surface area contributed by atoms with Crippen molar-refractivity contribution in [3.63, 3.8) is 0 Å². The second-order valence-electron chi connectivity index (χ2n) is 4.04. The van der Waals surface area contributed by atoms with Crippen LogP contribution in [-0.4, -0.2) is 46.2 Å². The second-order valence-corrected chi connectivity index (χ2v) is 4.04. The lowest BCUT2D eigenvalue weighted by molar-refractivity contribution is 0.0386. The van der Waals surface area contributed by atoms with E-state index in [2.05, 4.69) is 0 Å². The van der Waals surface area contributed by atoms with Gasteiger partial charge in [0.1, 0.15) is 0 Å². The maximum Gasteiger partial charge on any atom is 0.0700 e. The van der Waals surface area contributed by atoms with Crippen LogP contribution in [0.5, 0.6) is 0 Å². The molecular formula is C12H27NO3. The lowest BCUT2D eigenvalue weighted by atomic mass is 10.1. The van der Waals surface area contributed by atoms with E-state index in [0.29, 0.717) is 19.3 Å². The average molecular weight is 233 g/mol. The normalized spacial score (nSPS) is 12.9. The Labute approximate surface area is 99.4 Å². The lowest BCUT2D eigenvalue weighted by Crippen LogP contribution is -2.14. The first kappa shape index (κ1) is 15.8. The summed E-state index contributed by atoms with van der Waals surface area (Å²) in [4.78, 5) is 0. The highest BCUT2D eigenvalue weighted by Crippen LogP contribution is 1.98. The maximum absolute atomic E-state index is 5.64. The van der Waals surface area contributed by atoms with Gasteiger partial charge in [-0.25, -0.2) is 0 Å². The first-order valence-corrected chi connectivity index (χ1v) is 6.17. The van der Waals surface area contributed by atoms with Gasteiger partial charge in [-0.15, -0.1) is 0 Å². The van der Waals surface area contributed by atoms with Crippen molar-refractivity contribution in [2.75, 3.05) is 40.1 Å². The highest BCUT2D eigenvalue weighted by molar-refractivity contribution is 4.52. The zero-order chi connectivity index (χ0) is 12.1. The Kier molecular flexibility index (Phi) is 12.8. The molecule has 0 radical (unpaired) electrons. The van der Waals surface area contributed by atoms with Gasteiger partial charge in [0.05, 0.1) is 13.2 Å². The van der Waals surface area contributed by atoms with Crippen LogP contribution in [0.1, 0.15) is 32.6 Å². The molecule has 98 valence electrons. The van der Waals surface area contributed by atoms with Crippen LogP contribution in [0.3, 0.4) is 0 Å². The Morgan fingerprint density at radius 2 is 1.50 bits per heavy atom. The number of nitrogens with two attached hydrogens (primary N) is 1. The van der Waals surface area contributed by atoms with Crippen molar-refractivity contribution in [2.24, 2.45) is 5.73 Å². The summed E-state index contributed by atoms with van der Waals surface area (Å²) in [7, 11) is 1.70. The number of ether oxygens (including phenoxy) is 3. The molecule has 0 saturated heterocycles. The Morgan fingerprint density at radius 3 is 2.06 bits per heavy atom. The van der Waals surface area contributed by atoms with E-state index >= 15 is 0 Å². The van der Waals surface area contributed by atoms with E-state index in [1.165, 1.54) is 0 Å². The number of methoxy groups -OCH3 is 1. The SMILES string of the molecule is COCCCOCCOCCCCC(C)N. The third kappa shape index (κ3) is 13.8. The van der Waals surface area contributed by atoms with E-state index in [-0.39, 0.29) is 0 Å². The standard InChI is InChI=1S/C12H27NO3/c1-12(13)6-3-4-8-15-10-11-16-9-5-7-14-2/h12H,3-11,13H2,1-2H3. The lowest BCUT2D eigenvalue weighted by Gasteiger charge is -2.06. The smallest absolute Gasteiger partial charge is 0.0700 e. The van der Waals surface area contributed by atoms with Gasteiger partial charge in [0, 0.05) is 33.0 Å². The summed E-state index contributed by atoms with van der Waals surface area (Å²) in [5.74, 6) is 0. The average Bonchev–Trinajstić information content (AvgIpc) is 2.25. The van der Waals surface area contributed by atoms with E-state index in [0.717, 1.165) is 45.5 Å². The maximum atomic E-state index is 5.64. The van der Waals surface area contributed by atoms with E-state index in [9.17, 15) is 0 Å². The fraction of sp³-hybridized carbons (Fsp3) is 1.00. The Balaban J connectivity index is 2.88. The molecule has 0 aromatic carbocycles. The molecule has 0 aliphatic rings. The minimum absolute atomic E-state index is 0.309. The molecule has 0 aliphatic carbocycles. The summed E-state index contributed by atoms with van der Waals surface area (Å²) in [5, 5.41) is 0. The Hall–Kier alpha value is -0.160. The quantitative estimate of drug-likeness (QED) is 0.520. The third-order valence-electron chi connectivity index (χ3n) is 2.21. The van der Waals surface area contributed by atoms with Gasteiger partial charge in [0.25, 0.3) is 0 Å². The molecule has 0 bridgehead atoms.